The van der Waals surface area contributed by atoms with Crippen molar-refractivity contribution >= 4 is 21.4 Å². The topological polar surface area (TPSA) is 92.2 Å². The molecule has 0 amide bonds. The molecule has 2 heterocycles. The van der Waals surface area contributed by atoms with Crippen LogP contribution in [0.15, 0.2) is 31.8 Å². The van der Waals surface area contributed by atoms with Crippen LogP contribution in [-0.4, -0.2) is 19.9 Å². The molecule has 0 aliphatic rings. The van der Waals surface area contributed by atoms with E-state index in [1.54, 1.807) is 19.1 Å². The SMILES string of the molecule is Cc1[nH]c(=O)sc1S(=O)(=O)NCCc1ccco1. The molecule has 0 aliphatic carbocycles. The molecular weight excluding hydrogens is 276 g/mol. The van der Waals surface area contributed by atoms with E-state index in [0.717, 1.165) is 0 Å². The van der Waals surface area contributed by atoms with E-state index in [1.165, 1.54) is 6.26 Å². The van der Waals surface area contributed by atoms with Crippen molar-refractivity contribution in [3.8, 4) is 0 Å². The first-order valence-electron chi connectivity index (χ1n) is 5.21. The Morgan fingerprint density at radius 3 is 2.83 bits per heavy atom. The van der Waals surface area contributed by atoms with Crippen molar-refractivity contribution < 1.29 is 12.8 Å². The Hall–Kier alpha value is -1.38. The molecule has 0 saturated heterocycles. The maximum atomic E-state index is 11.9. The summed E-state index contributed by atoms with van der Waals surface area (Å²) in [6.45, 7) is 1.78. The van der Waals surface area contributed by atoms with Crippen LogP contribution in [0.1, 0.15) is 11.5 Å². The maximum Gasteiger partial charge on any atom is 0.305 e. The lowest BCUT2D eigenvalue weighted by Gasteiger charge is -2.03. The Bertz CT molecular complexity index is 667. The number of sulfonamides is 1. The predicted octanol–water partition coefficient (Wildman–Crippen LogP) is 0.859. The first-order chi connectivity index (χ1) is 8.49. The molecule has 0 spiro atoms. The van der Waals surface area contributed by atoms with Gasteiger partial charge in [0.2, 0.25) is 0 Å². The van der Waals surface area contributed by atoms with Crippen LogP contribution in [0.3, 0.4) is 0 Å². The number of hydrogen-bond acceptors (Lipinski definition) is 5. The summed E-state index contributed by atoms with van der Waals surface area (Å²) in [4.78, 5) is 13.1. The highest BCUT2D eigenvalue weighted by Crippen LogP contribution is 2.15. The van der Waals surface area contributed by atoms with Gasteiger partial charge in [-0.05, 0) is 19.1 Å². The summed E-state index contributed by atoms with van der Waals surface area (Å²) in [7, 11) is -3.63. The summed E-state index contributed by atoms with van der Waals surface area (Å²) in [5, 5.41) is 0. The van der Waals surface area contributed by atoms with E-state index < -0.39 is 10.0 Å². The molecule has 0 unspecified atom stereocenters. The number of aromatic nitrogens is 1. The van der Waals surface area contributed by atoms with Gasteiger partial charge >= 0.3 is 4.87 Å². The van der Waals surface area contributed by atoms with Crippen LogP contribution < -0.4 is 9.60 Å². The third-order valence-corrected chi connectivity index (χ3v) is 5.33. The molecule has 0 saturated carbocycles. The van der Waals surface area contributed by atoms with Crippen molar-refractivity contribution in [3.63, 3.8) is 0 Å². The lowest BCUT2D eigenvalue weighted by molar-refractivity contribution is 0.506. The normalized spacial score (nSPS) is 11.8. The molecule has 0 radical (unpaired) electrons. The molecule has 2 N–H and O–H groups in total. The van der Waals surface area contributed by atoms with E-state index in [-0.39, 0.29) is 15.6 Å². The monoisotopic (exact) mass is 288 g/mol. The molecule has 2 aromatic heterocycles. The fourth-order valence-electron chi connectivity index (χ4n) is 1.48. The summed E-state index contributed by atoms with van der Waals surface area (Å²) < 4.78 is 31.4. The number of furan rings is 1. The van der Waals surface area contributed by atoms with E-state index in [4.69, 9.17) is 4.42 Å². The van der Waals surface area contributed by atoms with Gasteiger partial charge in [-0.3, -0.25) is 4.79 Å². The standard InChI is InChI=1S/C10H12N2O4S2/c1-7-9(17-10(13)12-7)18(14,15)11-5-4-8-3-2-6-16-8/h2-3,6,11H,4-5H2,1H3,(H,12,13). The number of nitrogens with one attached hydrogen (secondary N) is 2. The smallest absolute Gasteiger partial charge is 0.305 e. The van der Waals surface area contributed by atoms with Crippen molar-refractivity contribution in [2.24, 2.45) is 0 Å². The Balaban J connectivity index is 2.04. The van der Waals surface area contributed by atoms with Crippen LogP contribution in [0.2, 0.25) is 0 Å². The number of H-pyrrole nitrogens is 1. The summed E-state index contributed by atoms with van der Waals surface area (Å²) in [5.74, 6) is 0.705. The Morgan fingerprint density at radius 2 is 2.28 bits per heavy atom. The van der Waals surface area contributed by atoms with E-state index in [2.05, 4.69) is 9.71 Å². The van der Waals surface area contributed by atoms with Crippen molar-refractivity contribution in [2.75, 3.05) is 6.54 Å². The molecule has 6 nitrogen and oxygen atoms in total. The lowest BCUT2D eigenvalue weighted by atomic mass is 10.3. The van der Waals surface area contributed by atoms with Crippen molar-refractivity contribution in [2.45, 2.75) is 17.6 Å². The third kappa shape index (κ3) is 2.89. The number of thiazole rings is 1. The summed E-state index contributed by atoms with van der Waals surface area (Å²) in [5.41, 5.74) is 0.357. The number of aryl methyl sites for hydroxylation is 1. The zero-order chi connectivity index (χ0) is 13.2. The minimum atomic E-state index is -3.63. The number of aromatic amines is 1. The largest absolute Gasteiger partial charge is 0.469 e. The maximum absolute atomic E-state index is 11.9. The highest BCUT2D eigenvalue weighted by Gasteiger charge is 2.19. The van der Waals surface area contributed by atoms with Crippen LogP contribution in [0.25, 0.3) is 0 Å². The molecular formula is C10H12N2O4S2. The molecule has 98 valence electrons. The molecule has 8 heteroatoms. The number of rotatable bonds is 5. The van der Waals surface area contributed by atoms with Gasteiger partial charge in [-0.2, -0.15) is 0 Å². The second-order valence-electron chi connectivity index (χ2n) is 3.65. The van der Waals surface area contributed by atoms with Gasteiger partial charge in [-0.25, -0.2) is 13.1 Å². The van der Waals surface area contributed by atoms with Crippen LogP contribution in [0.4, 0.5) is 0 Å². The van der Waals surface area contributed by atoms with Gasteiger partial charge in [0, 0.05) is 18.7 Å². The summed E-state index contributed by atoms with van der Waals surface area (Å²) >= 11 is 0.684. The zero-order valence-corrected chi connectivity index (χ0v) is 11.2. The van der Waals surface area contributed by atoms with Crippen LogP contribution in [-0.2, 0) is 16.4 Å². The highest BCUT2D eigenvalue weighted by atomic mass is 32.2. The molecule has 0 aromatic carbocycles. The van der Waals surface area contributed by atoms with Crippen molar-refractivity contribution in [1.29, 1.82) is 0 Å². The fraction of sp³-hybridized carbons (Fsp3) is 0.300. The van der Waals surface area contributed by atoms with Gasteiger partial charge in [0.05, 0.1) is 6.26 Å². The minimum absolute atomic E-state index is 0.0342. The summed E-state index contributed by atoms with van der Waals surface area (Å²) in [6, 6.07) is 3.51. The van der Waals surface area contributed by atoms with Crippen molar-refractivity contribution in [3.05, 3.63) is 39.5 Å². The van der Waals surface area contributed by atoms with E-state index in [1.807, 2.05) is 0 Å². The fourth-order valence-corrected chi connectivity index (χ4v) is 3.85. The molecule has 0 atom stereocenters. The average molecular weight is 288 g/mol. The van der Waals surface area contributed by atoms with Crippen molar-refractivity contribution in [1.82, 2.24) is 9.71 Å². The quantitative estimate of drug-likeness (QED) is 0.853. The predicted molar refractivity (Wildman–Crippen MR) is 67.3 cm³/mol. The van der Waals surface area contributed by atoms with Crippen LogP contribution >= 0.6 is 11.3 Å². The van der Waals surface area contributed by atoms with Gasteiger partial charge in [-0.1, -0.05) is 11.3 Å². The van der Waals surface area contributed by atoms with E-state index >= 15 is 0 Å². The van der Waals surface area contributed by atoms with Crippen LogP contribution in [0, 0.1) is 6.92 Å². The average Bonchev–Trinajstić information content (AvgIpc) is 2.88. The van der Waals surface area contributed by atoms with E-state index in [9.17, 15) is 13.2 Å². The lowest BCUT2D eigenvalue weighted by Crippen LogP contribution is -2.25. The van der Waals surface area contributed by atoms with Gasteiger partial charge in [0.15, 0.2) is 4.21 Å². The Labute approximate surface area is 108 Å². The second kappa shape index (κ2) is 5.09. The first-order valence-corrected chi connectivity index (χ1v) is 7.51. The first kappa shape index (κ1) is 13.1. The van der Waals surface area contributed by atoms with Gasteiger partial charge in [0.1, 0.15) is 5.76 Å². The summed E-state index contributed by atoms with van der Waals surface area (Å²) in [6.07, 6.45) is 2.00. The molecule has 18 heavy (non-hydrogen) atoms. The Kier molecular flexibility index (Phi) is 3.69. The molecule has 2 aromatic rings. The van der Waals surface area contributed by atoms with Gasteiger partial charge in [-0.15, -0.1) is 0 Å². The zero-order valence-electron chi connectivity index (χ0n) is 9.60. The van der Waals surface area contributed by atoms with E-state index in [0.29, 0.717) is 29.2 Å². The second-order valence-corrected chi connectivity index (χ2v) is 6.60. The highest BCUT2D eigenvalue weighted by molar-refractivity contribution is 7.91. The van der Waals surface area contributed by atoms with Crippen LogP contribution in [0.5, 0.6) is 0 Å². The molecule has 0 aliphatic heterocycles. The van der Waals surface area contributed by atoms with Gasteiger partial charge < -0.3 is 9.40 Å². The minimum Gasteiger partial charge on any atom is -0.469 e. The molecule has 0 fully saturated rings. The van der Waals surface area contributed by atoms with Gasteiger partial charge in [0.25, 0.3) is 10.0 Å². The number of hydrogen-bond donors (Lipinski definition) is 2. The third-order valence-electron chi connectivity index (χ3n) is 2.27. The molecule has 2 rings (SSSR count). The molecule has 0 bridgehead atoms. The Morgan fingerprint density at radius 1 is 1.50 bits per heavy atom.